The summed E-state index contributed by atoms with van der Waals surface area (Å²) in [6, 6.07) is 10.1. The Morgan fingerprint density at radius 2 is 1.73 bits per heavy atom. The van der Waals surface area contributed by atoms with E-state index in [9.17, 15) is 19.1 Å². The van der Waals surface area contributed by atoms with Gasteiger partial charge in [-0.25, -0.2) is 14.0 Å². The summed E-state index contributed by atoms with van der Waals surface area (Å²) in [6.07, 6.45) is -0.311. The molecule has 2 heterocycles. The molecule has 1 amide bonds. The number of carbonyl (C=O) groups excluding carboxylic acids is 1. The van der Waals surface area contributed by atoms with Crippen LogP contribution < -0.4 is 4.90 Å². The minimum absolute atomic E-state index is 0.0252. The number of carbonyl (C=O) groups is 2. The van der Waals surface area contributed by atoms with Crippen molar-refractivity contribution in [3.05, 3.63) is 53.0 Å². The highest BCUT2D eigenvalue weighted by Gasteiger charge is 2.26. The van der Waals surface area contributed by atoms with Crippen molar-refractivity contribution in [2.75, 3.05) is 31.1 Å². The first kappa shape index (κ1) is 22.9. The number of ether oxygens (including phenoxy) is 1. The number of aromatic carboxylic acids is 1. The summed E-state index contributed by atoms with van der Waals surface area (Å²) in [5.74, 6) is -2.36. The molecule has 0 saturated carbocycles. The van der Waals surface area contributed by atoms with Crippen LogP contribution >= 0.6 is 11.6 Å². The molecule has 1 aliphatic rings. The fourth-order valence-electron chi connectivity index (χ4n) is 3.78. The summed E-state index contributed by atoms with van der Waals surface area (Å²) in [5.41, 5.74) is 1.79. The van der Waals surface area contributed by atoms with E-state index in [2.05, 4.69) is 4.90 Å². The number of carboxylic acid groups (broad SMARTS) is 1. The van der Waals surface area contributed by atoms with E-state index in [1.54, 1.807) is 4.90 Å². The molecule has 1 aromatic heterocycles. The number of nitrogens with zero attached hydrogens (tertiary/aromatic N) is 2. The Bertz CT molecular complexity index is 1210. The highest BCUT2D eigenvalue weighted by Crippen LogP contribution is 2.37. The number of carboxylic acids is 1. The first-order valence-corrected chi connectivity index (χ1v) is 10.9. The van der Waals surface area contributed by atoms with E-state index in [0.29, 0.717) is 37.3 Å². The summed E-state index contributed by atoms with van der Waals surface area (Å²) < 4.78 is 25.3. The summed E-state index contributed by atoms with van der Waals surface area (Å²) in [4.78, 5) is 27.4. The van der Waals surface area contributed by atoms with Crippen molar-refractivity contribution < 1.29 is 28.2 Å². The van der Waals surface area contributed by atoms with Crippen LogP contribution in [0.15, 0.2) is 40.8 Å². The topological polar surface area (TPSA) is 83.2 Å². The maximum absolute atomic E-state index is 14.4. The van der Waals surface area contributed by atoms with Crippen molar-refractivity contribution in [3.8, 4) is 11.1 Å². The number of amides is 1. The van der Waals surface area contributed by atoms with Crippen molar-refractivity contribution in [1.82, 2.24) is 4.90 Å². The summed E-state index contributed by atoms with van der Waals surface area (Å²) in [6.45, 7) is 7.95. The number of rotatable bonds is 3. The average Bonchev–Trinajstić information content (AvgIpc) is 3.22. The summed E-state index contributed by atoms with van der Waals surface area (Å²) in [5, 5.41) is 9.12. The lowest BCUT2D eigenvalue weighted by atomic mass is 10.0. The second-order valence-corrected chi connectivity index (χ2v) is 9.29. The van der Waals surface area contributed by atoms with Crippen LogP contribution in [0.2, 0.25) is 5.02 Å². The zero-order valence-electron chi connectivity index (χ0n) is 18.5. The molecule has 1 saturated heterocycles. The monoisotopic (exact) mass is 474 g/mol. The van der Waals surface area contributed by atoms with Crippen LogP contribution in [-0.2, 0) is 4.74 Å². The summed E-state index contributed by atoms with van der Waals surface area (Å²) in [7, 11) is 0. The smallest absolute Gasteiger partial charge is 0.410 e. The molecule has 0 radical (unpaired) electrons. The Kier molecular flexibility index (Phi) is 5.97. The van der Waals surface area contributed by atoms with Crippen LogP contribution in [0, 0.1) is 5.82 Å². The molecule has 0 bridgehead atoms. The Morgan fingerprint density at radius 3 is 2.30 bits per heavy atom. The number of fused-ring (bicyclic) bond motifs is 1. The Morgan fingerprint density at radius 1 is 1.09 bits per heavy atom. The quantitative estimate of drug-likeness (QED) is 0.528. The molecule has 0 spiro atoms. The van der Waals surface area contributed by atoms with E-state index in [-0.39, 0.29) is 27.8 Å². The van der Waals surface area contributed by atoms with E-state index in [1.165, 1.54) is 6.07 Å². The average molecular weight is 475 g/mol. The van der Waals surface area contributed by atoms with Crippen LogP contribution in [0.3, 0.4) is 0 Å². The third kappa shape index (κ3) is 4.75. The highest BCUT2D eigenvalue weighted by molar-refractivity contribution is 6.32. The third-order valence-corrected chi connectivity index (χ3v) is 5.65. The fourth-order valence-corrected chi connectivity index (χ4v) is 3.99. The lowest BCUT2D eigenvalue weighted by Crippen LogP contribution is -2.50. The number of anilines is 1. The van der Waals surface area contributed by atoms with Gasteiger partial charge in [-0.1, -0.05) is 23.7 Å². The molecule has 174 valence electrons. The summed E-state index contributed by atoms with van der Waals surface area (Å²) >= 11 is 6.05. The SMILES string of the molecule is CC(C)(C)OC(=O)N1CCN(c2ccc(-c3cc(Cl)c(F)c4cc(C(=O)O)oc34)cc2)CC1. The number of hydrogen-bond donors (Lipinski definition) is 1. The van der Waals surface area contributed by atoms with Crippen molar-refractivity contribution in [2.45, 2.75) is 26.4 Å². The Labute approximate surface area is 195 Å². The standard InChI is InChI=1S/C24H24ClFN2O5/c1-24(2,3)33-23(31)28-10-8-27(9-11-28)15-6-4-14(5-7-15)16-12-18(25)20(26)17-13-19(22(29)30)32-21(16)17/h4-7,12-13H,8-11H2,1-3H3,(H,29,30). The second-order valence-electron chi connectivity index (χ2n) is 8.88. The van der Waals surface area contributed by atoms with Crippen molar-refractivity contribution >= 4 is 40.3 Å². The second kappa shape index (κ2) is 8.59. The van der Waals surface area contributed by atoms with Gasteiger partial charge < -0.3 is 24.1 Å². The van der Waals surface area contributed by atoms with Gasteiger partial charge in [-0.3, -0.25) is 0 Å². The molecule has 4 rings (SSSR count). The predicted molar refractivity (Wildman–Crippen MR) is 124 cm³/mol. The number of furan rings is 1. The van der Waals surface area contributed by atoms with Crippen molar-refractivity contribution in [2.24, 2.45) is 0 Å². The maximum atomic E-state index is 14.4. The first-order valence-electron chi connectivity index (χ1n) is 10.5. The maximum Gasteiger partial charge on any atom is 0.410 e. The largest absolute Gasteiger partial charge is 0.475 e. The van der Waals surface area contributed by atoms with Gasteiger partial charge in [0.2, 0.25) is 5.76 Å². The number of halogens is 2. The van der Waals surface area contributed by atoms with Gasteiger partial charge in [-0.15, -0.1) is 0 Å². The van der Waals surface area contributed by atoms with Crippen LogP contribution in [0.1, 0.15) is 31.3 Å². The van der Waals surface area contributed by atoms with Gasteiger partial charge in [-0.05, 0) is 44.5 Å². The van der Waals surface area contributed by atoms with Crippen LogP contribution in [0.4, 0.5) is 14.9 Å². The van der Waals surface area contributed by atoms with E-state index in [1.807, 2.05) is 45.0 Å². The number of benzene rings is 2. The lowest BCUT2D eigenvalue weighted by Gasteiger charge is -2.36. The van der Waals surface area contributed by atoms with Gasteiger partial charge in [0.15, 0.2) is 5.82 Å². The van der Waals surface area contributed by atoms with E-state index < -0.39 is 17.4 Å². The molecule has 3 aromatic rings. The van der Waals surface area contributed by atoms with Gasteiger partial charge in [0.25, 0.3) is 0 Å². The molecule has 0 atom stereocenters. The van der Waals surface area contributed by atoms with Gasteiger partial charge in [0, 0.05) is 43.5 Å². The molecule has 9 heteroatoms. The molecule has 2 aromatic carbocycles. The predicted octanol–water partition coefficient (Wildman–Crippen LogP) is 5.65. The van der Waals surface area contributed by atoms with Crippen molar-refractivity contribution in [3.63, 3.8) is 0 Å². The highest BCUT2D eigenvalue weighted by atomic mass is 35.5. The molecule has 1 N–H and O–H groups in total. The molecule has 0 aliphatic carbocycles. The molecular formula is C24H24ClFN2O5. The molecule has 7 nitrogen and oxygen atoms in total. The van der Waals surface area contributed by atoms with Gasteiger partial charge in [0.1, 0.15) is 11.2 Å². The zero-order chi connectivity index (χ0) is 23.9. The van der Waals surface area contributed by atoms with E-state index >= 15 is 0 Å². The zero-order valence-corrected chi connectivity index (χ0v) is 19.3. The van der Waals surface area contributed by atoms with Crippen molar-refractivity contribution in [1.29, 1.82) is 0 Å². The molecule has 1 fully saturated rings. The number of hydrogen-bond acceptors (Lipinski definition) is 5. The fraction of sp³-hybridized carbons (Fsp3) is 0.333. The van der Waals surface area contributed by atoms with Gasteiger partial charge in [0.05, 0.1) is 10.4 Å². The van der Waals surface area contributed by atoms with Gasteiger partial charge in [-0.2, -0.15) is 0 Å². The third-order valence-electron chi connectivity index (χ3n) is 5.38. The van der Waals surface area contributed by atoms with Gasteiger partial charge >= 0.3 is 12.1 Å². The van der Waals surface area contributed by atoms with E-state index in [0.717, 1.165) is 11.8 Å². The minimum atomic E-state index is -1.28. The molecule has 1 aliphatic heterocycles. The van der Waals surface area contributed by atoms with Crippen LogP contribution in [0.5, 0.6) is 0 Å². The van der Waals surface area contributed by atoms with Crippen LogP contribution in [-0.4, -0.2) is 53.8 Å². The first-order chi connectivity index (χ1) is 15.5. The Hall–Kier alpha value is -3.26. The molecule has 0 unspecified atom stereocenters. The van der Waals surface area contributed by atoms with Crippen LogP contribution in [0.25, 0.3) is 22.1 Å². The minimum Gasteiger partial charge on any atom is -0.475 e. The normalized spacial score (nSPS) is 14.6. The number of piperazine rings is 1. The lowest BCUT2D eigenvalue weighted by molar-refractivity contribution is 0.0240. The van der Waals surface area contributed by atoms with E-state index in [4.69, 9.17) is 20.8 Å². The molecular weight excluding hydrogens is 451 g/mol. The Balaban J connectivity index is 1.53. The molecule has 33 heavy (non-hydrogen) atoms.